The van der Waals surface area contributed by atoms with Crippen molar-refractivity contribution in [3.05, 3.63) is 27.5 Å². The van der Waals surface area contributed by atoms with E-state index in [0.29, 0.717) is 10.2 Å². The molecule has 0 aliphatic heterocycles. The van der Waals surface area contributed by atoms with Gasteiger partial charge in [0.2, 0.25) is 0 Å². The molecule has 0 unspecified atom stereocenters. The molecule has 0 fully saturated rings. The van der Waals surface area contributed by atoms with Gasteiger partial charge in [0.15, 0.2) is 0 Å². The van der Waals surface area contributed by atoms with Crippen LogP contribution in [0.1, 0.15) is 42.4 Å². The fraction of sp³-hybridized carbons (Fsp3) is 0.500. The van der Waals surface area contributed by atoms with Crippen LogP contribution < -0.4 is 0 Å². The third-order valence-corrected chi connectivity index (χ3v) is 2.27. The van der Waals surface area contributed by atoms with Gasteiger partial charge in [0.25, 0.3) is 0 Å². The molecule has 1 heterocycles. The number of ether oxygens (including phenoxy) is 1. The number of aromatic nitrogens is 1. The van der Waals surface area contributed by atoms with E-state index in [9.17, 15) is 4.79 Å². The van der Waals surface area contributed by atoms with Crippen LogP contribution in [0, 0.1) is 18.5 Å². The van der Waals surface area contributed by atoms with Crippen molar-refractivity contribution in [3.8, 4) is 0 Å². The Bertz CT molecular complexity index is 469. The Morgan fingerprint density at radius 2 is 1.94 bits per heavy atom. The highest BCUT2D eigenvalue weighted by atomic mass is 32.1. The third kappa shape index (κ3) is 3.17. The quantitative estimate of drug-likeness (QED) is 0.604. The molecule has 0 aliphatic carbocycles. The van der Waals surface area contributed by atoms with Crippen LogP contribution in [0.3, 0.4) is 0 Å². The molecule has 1 aromatic heterocycles. The maximum atomic E-state index is 11.9. The molecule has 88 valence electrons. The summed E-state index contributed by atoms with van der Waals surface area (Å²) in [5.41, 5.74) is 1.73. The van der Waals surface area contributed by atoms with Crippen molar-refractivity contribution >= 4 is 18.2 Å². The Labute approximate surface area is 101 Å². The number of rotatable bonds is 1. The van der Waals surface area contributed by atoms with Gasteiger partial charge in [0.05, 0.1) is 5.56 Å². The summed E-state index contributed by atoms with van der Waals surface area (Å²) >= 11 is 5.14. The highest BCUT2D eigenvalue weighted by Crippen LogP contribution is 2.16. The Morgan fingerprint density at radius 1 is 1.38 bits per heavy atom. The predicted octanol–water partition coefficient (Wildman–Crippen LogP) is 3.32. The topological polar surface area (TPSA) is 42.1 Å². The van der Waals surface area contributed by atoms with E-state index in [4.69, 9.17) is 17.0 Å². The smallest absolute Gasteiger partial charge is 0.341 e. The van der Waals surface area contributed by atoms with E-state index in [1.165, 1.54) is 0 Å². The number of pyridine rings is 1. The molecule has 1 N–H and O–H groups in total. The van der Waals surface area contributed by atoms with E-state index in [0.717, 1.165) is 11.3 Å². The number of hydrogen-bond donors (Lipinski definition) is 1. The Morgan fingerprint density at radius 3 is 2.38 bits per heavy atom. The summed E-state index contributed by atoms with van der Waals surface area (Å²) in [5.74, 6) is -0.369. The van der Waals surface area contributed by atoms with Gasteiger partial charge in [0, 0.05) is 5.69 Å². The van der Waals surface area contributed by atoms with E-state index in [1.54, 1.807) is 0 Å². The maximum absolute atomic E-state index is 11.9. The number of esters is 1. The fourth-order valence-corrected chi connectivity index (χ4v) is 1.84. The second-order valence-electron chi connectivity index (χ2n) is 4.84. The van der Waals surface area contributed by atoms with Gasteiger partial charge in [-0.25, -0.2) is 4.79 Å². The minimum absolute atomic E-state index is 0.369. The minimum atomic E-state index is -0.504. The monoisotopic (exact) mass is 239 g/mol. The normalized spacial score (nSPS) is 11.3. The molecule has 0 saturated heterocycles. The molecular formula is C12H17NO2S. The van der Waals surface area contributed by atoms with Crippen LogP contribution in [0.25, 0.3) is 0 Å². The molecule has 0 amide bonds. The molecule has 0 radical (unpaired) electrons. The molecule has 16 heavy (non-hydrogen) atoms. The van der Waals surface area contributed by atoms with Crippen LogP contribution in [-0.4, -0.2) is 16.6 Å². The standard InChI is InChI=1S/C12H17NO2S/c1-7-6-8(2)13-10(16)9(7)11(14)15-12(3,4)5/h6H,1-5H3,(H,13,16). The minimum Gasteiger partial charge on any atom is -0.456 e. The first-order chi connectivity index (χ1) is 7.20. The van der Waals surface area contributed by atoms with E-state index < -0.39 is 5.60 Å². The zero-order chi connectivity index (χ0) is 12.5. The summed E-state index contributed by atoms with van der Waals surface area (Å²) in [5, 5.41) is 0. The molecule has 0 spiro atoms. The fourth-order valence-electron chi connectivity index (χ4n) is 1.44. The van der Waals surface area contributed by atoms with Gasteiger partial charge in [-0.1, -0.05) is 12.2 Å². The molecule has 0 aliphatic rings. The van der Waals surface area contributed by atoms with Crippen LogP contribution in [0.2, 0.25) is 0 Å². The summed E-state index contributed by atoms with van der Waals surface area (Å²) in [6.45, 7) is 9.27. The van der Waals surface area contributed by atoms with Crippen LogP contribution in [0.4, 0.5) is 0 Å². The lowest BCUT2D eigenvalue weighted by Gasteiger charge is -2.20. The lowest BCUT2D eigenvalue weighted by atomic mass is 10.1. The van der Waals surface area contributed by atoms with Gasteiger partial charge in [-0.2, -0.15) is 0 Å². The van der Waals surface area contributed by atoms with Gasteiger partial charge < -0.3 is 9.72 Å². The molecule has 0 saturated carbocycles. The number of aromatic amines is 1. The Hall–Kier alpha value is -1.16. The molecular weight excluding hydrogens is 222 g/mol. The highest BCUT2D eigenvalue weighted by Gasteiger charge is 2.20. The third-order valence-electron chi connectivity index (χ3n) is 1.97. The summed E-state index contributed by atoms with van der Waals surface area (Å²) in [4.78, 5) is 14.9. The number of aryl methyl sites for hydroxylation is 2. The summed E-state index contributed by atoms with van der Waals surface area (Å²) in [7, 11) is 0. The lowest BCUT2D eigenvalue weighted by Crippen LogP contribution is -2.24. The number of carbonyl (C=O) groups excluding carboxylic acids is 1. The van der Waals surface area contributed by atoms with Crippen molar-refractivity contribution in [2.75, 3.05) is 0 Å². The zero-order valence-electron chi connectivity index (χ0n) is 10.3. The van der Waals surface area contributed by atoms with Gasteiger partial charge >= 0.3 is 5.97 Å². The second kappa shape index (κ2) is 4.37. The number of H-pyrrole nitrogens is 1. The van der Waals surface area contributed by atoms with Crippen molar-refractivity contribution in [1.29, 1.82) is 0 Å². The lowest BCUT2D eigenvalue weighted by molar-refractivity contribution is 0.00676. The van der Waals surface area contributed by atoms with Gasteiger partial charge in [-0.3, -0.25) is 0 Å². The molecule has 1 rings (SSSR count). The SMILES string of the molecule is Cc1cc(C)c(C(=O)OC(C)(C)C)c(=S)[nH]1. The van der Waals surface area contributed by atoms with E-state index in [1.807, 2.05) is 40.7 Å². The Balaban J connectivity index is 3.15. The van der Waals surface area contributed by atoms with Crippen molar-refractivity contribution < 1.29 is 9.53 Å². The van der Waals surface area contributed by atoms with Crippen molar-refractivity contribution in [3.63, 3.8) is 0 Å². The van der Waals surface area contributed by atoms with E-state index in [-0.39, 0.29) is 5.97 Å². The molecule has 0 atom stereocenters. The maximum Gasteiger partial charge on any atom is 0.341 e. The van der Waals surface area contributed by atoms with E-state index in [2.05, 4.69) is 4.98 Å². The average Bonchev–Trinajstić information content (AvgIpc) is 1.96. The summed E-state index contributed by atoms with van der Waals surface area (Å²) < 4.78 is 5.74. The molecule has 3 nitrogen and oxygen atoms in total. The molecule has 0 aromatic carbocycles. The molecule has 1 aromatic rings. The first-order valence-electron chi connectivity index (χ1n) is 5.14. The van der Waals surface area contributed by atoms with Gasteiger partial charge in [-0.05, 0) is 46.2 Å². The predicted molar refractivity (Wildman–Crippen MR) is 66.3 cm³/mol. The number of hydrogen-bond acceptors (Lipinski definition) is 3. The number of nitrogens with one attached hydrogen (secondary N) is 1. The number of carbonyl (C=O) groups is 1. The first kappa shape index (κ1) is 12.9. The molecule has 4 heteroatoms. The summed E-state index contributed by atoms with van der Waals surface area (Å²) in [6, 6.07) is 1.88. The van der Waals surface area contributed by atoms with Crippen LogP contribution in [0.15, 0.2) is 6.07 Å². The largest absolute Gasteiger partial charge is 0.456 e. The second-order valence-corrected chi connectivity index (χ2v) is 5.25. The van der Waals surface area contributed by atoms with Crippen molar-refractivity contribution in [2.24, 2.45) is 0 Å². The first-order valence-corrected chi connectivity index (χ1v) is 5.55. The van der Waals surface area contributed by atoms with E-state index >= 15 is 0 Å². The zero-order valence-corrected chi connectivity index (χ0v) is 11.1. The Kier molecular flexibility index (Phi) is 3.53. The van der Waals surface area contributed by atoms with Crippen LogP contribution in [-0.2, 0) is 4.74 Å². The van der Waals surface area contributed by atoms with Gasteiger partial charge in [-0.15, -0.1) is 0 Å². The van der Waals surface area contributed by atoms with Crippen molar-refractivity contribution in [2.45, 2.75) is 40.2 Å². The van der Waals surface area contributed by atoms with Gasteiger partial charge in [0.1, 0.15) is 10.2 Å². The average molecular weight is 239 g/mol. The van der Waals surface area contributed by atoms with Crippen LogP contribution in [0.5, 0.6) is 0 Å². The summed E-state index contributed by atoms with van der Waals surface area (Å²) in [6.07, 6.45) is 0. The van der Waals surface area contributed by atoms with Crippen molar-refractivity contribution in [1.82, 2.24) is 4.98 Å². The van der Waals surface area contributed by atoms with Crippen LogP contribution >= 0.6 is 12.2 Å². The highest BCUT2D eigenvalue weighted by molar-refractivity contribution is 7.71. The molecule has 0 bridgehead atoms.